The minimum Gasteiger partial charge on any atom is -0.497 e. The Morgan fingerprint density at radius 2 is 2.00 bits per heavy atom. The van der Waals surface area contributed by atoms with Crippen LogP contribution in [0.25, 0.3) is 17.0 Å². The Morgan fingerprint density at radius 3 is 2.76 bits per heavy atom. The fourth-order valence-electron chi connectivity index (χ4n) is 2.51. The molecule has 0 saturated heterocycles. The second kappa shape index (κ2) is 7.02. The highest BCUT2D eigenvalue weighted by Crippen LogP contribution is 2.21. The van der Waals surface area contributed by atoms with Crippen LogP contribution in [0.3, 0.4) is 0 Å². The van der Waals surface area contributed by atoms with Crippen molar-refractivity contribution in [1.82, 2.24) is 10.5 Å². The molecule has 0 aliphatic rings. The maximum atomic E-state index is 12.6. The van der Waals surface area contributed by atoms with Gasteiger partial charge in [0, 0.05) is 22.5 Å². The number of nitrogens with one attached hydrogen (secondary N) is 2. The molecule has 1 amide bonds. The van der Waals surface area contributed by atoms with Gasteiger partial charge < -0.3 is 9.72 Å². The minimum atomic E-state index is -0.608. The summed E-state index contributed by atoms with van der Waals surface area (Å²) < 4.78 is 5.15. The number of ether oxygens (including phenoxy) is 1. The summed E-state index contributed by atoms with van der Waals surface area (Å²) >= 11 is 0. The number of hydrogen-bond donors (Lipinski definition) is 3. The molecule has 3 N–H and O–H groups in total. The first-order chi connectivity index (χ1) is 12.1. The van der Waals surface area contributed by atoms with Crippen molar-refractivity contribution in [2.75, 3.05) is 7.11 Å². The molecule has 0 aliphatic carbocycles. The van der Waals surface area contributed by atoms with E-state index in [0.29, 0.717) is 17.0 Å². The number of ketones is 1. The smallest absolute Gasteiger partial charge is 0.267 e. The van der Waals surface area contributed by atoms with Crippen LogP contribution in [0.5, 0.6) is 5.75 Å². The molecule has 3 aromatic rings. The first-order valence-electron chi connectivity index (χ1n) is 7.54. The lowest BCUT2D eigenvalue weighted by atomic mass is 10.1. The highest BCUT2D eigenvalue weighted by molar-refractivity contribution is 6.10. The zero-order valence-electron chi connectivity index (χ0n) is 13.4. The number of carbonyl (C=O) groups excluding carboxylic acids is 2. The van der Waals surface area contributed by atoms with E-state index in [-0.39, 0.29) is 5.78 Å². The van der Waals surface area contributed by atoms with E-state index < -0.39 is 5.91 Å². The van der Waals surface area contributed by atoms with E-state index in [0.717, 1.165) is 16.5 Å². The first-order valence-corrected chi connectivity index (χ1v) is 7.54. The van der Waals surface area contributed by atoms with Crippen molar-refractivity contribution in [2.45, 2.75) is 0 Å². The summed E-state index contributed by atoms with van der Waals surface area (Å²) in [5.74, 6) is -0.119. The normalized spacial score (nSPS) is 11.0. The molecule has 0 spiro atoms. The summed E-state index contributed by atoms with van der Waals surface area (Å²) in [6, 6.07) is 14.2. The van der Waals surface area contributed by atoms with Gasteiger partial charge in [0.25, 0.3) is 5.91 Å². The molecule has 6 nitrogen and oxygen atoms in total. The lowest BCUT2D eigenvalue weighted by Crippen LogP contribution is -2.14. The average Bonchev–Trinajstić information content (AvgIpc) is 3.08. The zero-order chi connectivity index (χ0) is 17.8. The third kappa shape index (κ3) is 3.59. The Hall–Kier alpha value is -3.38. The molecule has 0 atom stereocenters. The molecule has 3 rings (SSSR count). The van der Waals surface area contributed by atoms with E-state index in [1.54, 1.807) is 49.6 Å². The quantitative estimate of drug-likeness (QED) is 0.289. The van der Waals surface area contributed by atoms with Gasteiger partial charge in [0.1, 0.15) is 5.75 Å². The van der Waals surface area contributed by atoms with E-state index in [1.807, 2.05) is 12.1 Å². The second-order valence-electron chi connectivity index (χ2n) is 5.40. The topological polar surface area (TPSA) is 91.4 Å². The number of hydroxylamine groups is 1. The molecule has 25 heavy (non-hydrogen) atoms. The van der Waals surface area contributed by atoms with Crippen molar-refractivity contribution >= 4 is 28.7 Å². The minimum absolute atomic E-state index is 0.133. The largest absolute Gasteiger partial charge is 0.497 e. The number of amides is 1. The molecule has 1 heterocycles. The maximum absolute atomic E-state index is 12.6. The zero-order valence-corrected chi connectivity index (χ0v) is 13.4. The lowest BCUT2D eigenvalue weighted by molar-refractivity contribution is -0.124. The van der Waals surface area contributed by atoms with Gasteiger partial charge in [-0.2, -0.15) is 0 Å². The number of aromatic amines is 1. The Morgan fingerprint density at radius 1 is 1.16 bits per heavy atom. The molecular formula is C19H16N2O4. The van der Waals surface area contributed by atoms with Gasteiger partial charge in [0.15, 0.2) is 0 Å². The van der Waals surface area contributed by atoms with Crippen LogP contribution >= 0.6 is 0 Å². The highest BCUT2D eigenvalue weighted by Gasteiger charge is 2.13. The second-order valence-corrected chi connectivity index (χ2v) is 5.40. The fourth-order valence-corrected chi connectivity index (χ4v) is 2.51. The number of methoxy groups -OCH3 is 1. The molecule has 0 radical (unpaired) electrons. The summed E-state index contributed by atoms with van der Waals surface area (Å²) in [7, 11) is 1.55. The number of aromatic nitrogens is 1. The number of fused-ring (bicyclic) bond motifs is 1. The highest BCUT2D eigenvalue weighted by atomic mass is 16.5. The van der Waals surface area contributed by atoms with E-state index >= 15 is 0 Å². The summed E-state index contributed by atoms with van der Waals surface area (Å²) in [5, 5.41) is 9.34. The molecule has 0 fully saturated rings. The van der Waals surface area contributed by atoms with Crippen LogP contribution in [0.1, 0.15) is 21.6 Å². The summed E-state index contributed by atoms with van der Waals surface area (Å²) in [5.41, 5.74) is 4.12. The van der Waals surface area contributed by atoms with Gasteiger partial charge in [-0.1, -0.05) is 18.2 Å². The van der Waals surface area contributed by atoms with Crippen molar-refractivity contribution in [3.8, 4) is 5.75 Å². The van der Waals surface area contributed by atoms with Gasteiger partial charge in [-0.15, -0.1) is 0 Å². The summed E-state index contributed by atoms with van der Waals surface area (Å²) in [6.07, 6.45) is 2.79. The first kappa shape index (κ1) is 16.5. The molecule has 0 saturated carbocycles. The molecule has 0 unspecified atom stereocenters. The lowest BCUT2D eigenvalue weighted by Gasteiger charge is -2.02. The number of hydrogen-bond acceptors (Lipinski definition) is 4. The van der Waals surface area contributed by atoms with Gasteiger partial charge in [0.2, 0.25) is 5.78 Å². The van der Waals surface area contributed by atoms with Crippen LogP contribution in [0.15, 0.2) is 54.6 Å². The molecular weight excluding hydrogens is 320 g/mol. The fraction of sp³-hybridized carbons (Fsp3) is 0.0526. The number of carbonyl (C=O) groups is 2. The van der Waals surface area contributed by atoms with Crippen molar-refractivity contribution in [3.63, 3.8) is 0 Å². The van der Waals surface area contributed by atoms with Gasteiger partial charge in [-0.25, -0.2) is 5.48 Å². The molecule has 1 aromatic heterocycles. The standard InChI is InChI=1S/C19H16N2O4/c1-25-15-4-2-3-13(10-15)19(23)17-11-14-9-12(5-7-16(14)20-17)6-8-18(22)21-24/h2-11,20,24H,1H3,(H,21,22)/b8-6+. The Bertz CT molecular complexity index is 972. The van der Waals surface area contributed by atoms with E-state index in [2.05, 4.69) is 4.98 Å². The van der Waals surface area contributed by atoms with Crippen LogP contribution in [0.2, 0.25) is 0 Å². The summed E-state index contributed by atoms with van der Waals surface area (Å²) in [6.45, 7) is 0. The van der Waals surface area contributed by atoms with Crippen molar-refractivity contribution < 1.29 is 19.5 Å². The average molecular weight is 336 g/mol. The van der Waals surface area contributed by atoms with Crippen LogP contribution in [0, 0.1) is 0 Å². The van der Waals surface area contributed by atoms with Gasteiger partial charge in [-0.05, 0) is 42.0 Å². The van der Waals surface area contributed by atoms with Crippen molar-refractivity contribution in [2.24, 2.45) is 0 Å². The Kier molecular flexibility index (Phi) is 4.63. The molecule has 2 aromatic carbocycles. The van der Waals surface area contributed by atoms with Crippen molar-refractivity contribution in [3.05, 3.63) is 71.4 Å². The molecule has 6 heteroatoms. The molecule has 0 aliphatic heterocycles. The van der Waals surface area contributed by atoms with Gasteiger partial charge in [0.05, 0.1) is 12.8 Å². The molecule has 126 valence electrons. The number of H-pyrrole nitrogens is 1. The van der Waals surface area contributed by atoms with Gasteiger partial charge in [-0.3, -0.25) is 14.8 Å². The summed E-state index contributed by atoms with van der Waals surface area (Å²) in [4.78, 5) is 26.8. The Labute approximate surface area is 143 Å². The van der Waals surface area contributed by atoms with Crippen molar-refractivity contribution in [1.29, 1.82) is 0 Å². The predicted molar refractivity (Wildman–Crippen MR) is 93.7 cm³/mol. The van der Waals surface area contributed by atoms with Crippen LogP contribution in [-0.4, -0.2) is 29.0 Å². The predicted octanol–water partition coefficient (Wildman–Crippen LogP) is 2.93. The SMILES string of the molecule is COc1cccc(C(=O)c2cc3cc(/C=C/C(=O)NO)ccc3[nH]2)c1. The molecule has 0 bridgehead atoms. The van der Waals surface area contributed by atoms with Crippen LogP contribution < -0.4 is 10.2 Å². The third-order valence-electron chi connectivity index (χ3n) is 3.76. The van der Waals surface area contributed by atoms with Gasteiger partial charge >= 0.3 is 0 Å². The van der Waals surface area contributed by atoms with E-state index in [4.69, 9.17) is 9.94 Å². The van der Waals surface area contributed by atoms with E-state index in [9.17, 15) is 9.59 Å². The number of rotatable bonds is 5. The van der Waals surface area contributed by atoms with Crippen LogP contribution in [0.4, 0.5) is 0 Å². The number of benzene rings is 2. The Balaban J connectivity index is 1.91. The van der Waals surface area contributed by atoms with E-state index in [1.165, 1.54) is 11.6 Å². The third-order valence-corrected chi connectivity index (χ3v) is 3.76. The van der Waals surface area contributed by atoms with Crippen LogP contribution in [-0.2, 0) is 4.79 Å². The maximum Gasteiger partial charge on any atom is 0.267 e. The monoisotopic (exact) mass is 336 g/mol.